The summed E-state index contributed by atoms with van der Waals surface area (Å²) < 4.78 is 10.7. The van der Waals surface area contributed by atoms with Gasteiger partial charge in [-0.05, 0) is 186 Å². The molecule has 5 heteroatoms. The van der Waals surface area contributed by atoms with E-state index in [-0.39, 0.29) is 31.6 Å². The van der Waals surface area contributed by atoms with E-state index in [2.05, 4.69) is 293 Å². The van der Waals surface area contributed by atoms with Crippen LogP contribution in [0.2, 0.25) is 0 Å². The van der Waals surface area contributed by atoms with E-state index in [0.717, 1.165) is 186 Å². The zero-order valence-corrected chi connectivity index (χ0v) is 59.1. The average molecular weight is 1280 g/mol. The van der Waals surface area contributed by atoms with Gasteiger partial charge in [0.15, 0.2) is 6.10 Å². The van der Waals surface area contributed by atoms with Gasteiger partial charge in [0.05, 0.1) is 6.61 Å². The van der Waals surface area contributed by atoms with Gasteiger partial charge in [0.2, 0.25) is 0 Å². The molecule has 0 aromatic rings. The summed E-state index contributed by atoms with van der Waals surface area (Å²) in [6, 6.07) is 0. The molecule has 0 aliphatic heterocycles. The number of hydrogen-bond donors (Lipinski definition) is 1. The van der Waals surface area contributed by atoms with E-state index in [9.17, 15) is 14.7 Å². The molecule has 0 fully saturated rings. The third-order valence-corrected chi connectivity index (χ3v) is 14.2. The second-order valence-corrected chi connectivity index (χ2v) is 22.8. The first-order valence-corrected chi connectivity index (χ1v) is 36.5. The minimum atomic E-state index is -0.825. The van der Waals surface area contributed by atoms with Crippen molar-refractivity contribution in [3.63, 3.8) is 0 Å². The first-order valence-electron chi connectivity index (χ1n) is 36.5. The van der Waals surface area contributed by atoms with Gasteiger partial charge in [-0.1, -0.05) is 325 Å². The number of unbranched alkanes of at least 4 members (excludes halogenated alkanes) is 9. The van der Waals surface area contributed by atoms with Crippen molar-refractivity contribution >= 4 is 11.9 Å². The molecule has 0 spiro atoms. The Labute approximate surface area is 576 Å². The molecule has 0 aliphatic carbocycles. The van der Waals surface area contributed by atoms with Gasteiger partial charge in [-0.2, -0.15) is 0 Å². The molecule has 0 saturated heterocycles. The van der Waals surface area contributed by atoms with Crippen LogP contribution in [0.3, 0.4) is 0 Å². The lowest BCUT2D eigenvalue weighted by Crippen LogP contribution is -2.28. The Morgan fingerprint density at radius 1 is 0.245 bits per heavy atom. The molecule has 0 amide bonds. The molecule has 94 heavy (non-hydrogen) atoms. The summed E-state index contributed by atoms with van der Waals surface area (Å²) in [4.78, 5) is 24.7. The second-order valence-electron chi connectivity index (χ2n) is 22.8. The maximum absolute atomic E-state index is 12.4. The van der Waals surface area contributed by atoms with E-state index >= 15 is 0 Å². The highest BCUT2D eigenvalue weighted by Gasteiger charge is 2.16. The lowest BCUT2D eigenvalue weighted by Gasteiger charge is -2.15. The van der Waals surface area contributed by atoms with Gasteiger partial charge in [-0.15, -0.1) is 0 Å². The van der Waals surface area contributed by atoms with Crippen LogP contribution in [-0.2, 0) is 19.1 Å². The van der Waals surface area contributed by atoms with Crippen LogP contribution in [0.4, 0.5) is 0 Å². The third kappa shape index (κ3) is 77.4. The van der Waals surface area contributed by atoms with Gasteiger partial charge in [-0.25, -0.2) is 0 Å². The summed E-state index contributed by atoms with van der Waals surface area (Å²) >= 11 is 0. The van der Waals surface area contributed by atoms with Crippen molar-refractivity contribution in [1.82, 2.24) is 0 Å². The van der Waals surface area contributed by atoms with Crippen LogP contribution >= 0.6 is 0 Å². The number of aliphatic hydroxyl groups is 1. The predicted molar refractivity (Wildman–Crippen MR) is 416 cm³/mol. The number of carbonyl (C=O) groups excluding carboxylic acids is 2. The minimum absolute atomic E-state index is 0.109. The normalized spacial score (nSPS) is 13.9. The van der Waals surface area contributed by atoms with Crippen molar-refractivity contribution < 1.29 is 24.2 Å². The summed E-state index contributed by atoms with van der Waals surface area (Å²) in [6.45, 7) is 3.85. The fourth-order valence-electron chi connectivity index (χ4n) is 8.83. The fourth-order valence-corrected chi connectivity index (χ4v) is 8.83. The highest BCUT2D eigenvalue weighted by atomic mass is 16.6. The van der Waals surface area contributed by atoms with Crippen LogP contribution in [0, 0.1) is 0 Å². The molecular weight excluding hydrogens is 1150 g/mol. The summed E-state index contributed by atoms with van der Waals surface area (Å²) in [5.74, 6) is -0.677. The molecule has 1 N–H and O–H groups in total. The molecule has 0 rings (SSSR count). The molecule has 0 radical (unpaired) electrons. The molecule has 0 aromatic carbocycles. The Balaban J connectivity index is 3.72. The largest absolute Gasteiger partial charge is 0.462 e. The molecule has 1 unspecified atom stereocenters. The predicted octanol–water partition coefficient (Wildman–Crippen LogP) is 26.3. The van der Waals surface area contributed by atoms with Crippen molar-refractivity contribution in [3.05, 3.63) is 279 Å². The highest BCUT2D eigenvalue weighted by molar-refractivity contribution is 5.70. The summed E-state index contributed by atoms with van der Waals surface area (Å²) in [5.41, 5.74) is 0. The van der Waals surface area contributed by atoms with Gasteiger partial charge < -0.3 is 14.6 Å². The third-order valence-electron chi connectivity index (χ3n) is 14.2. The zero-order chi connectivity index (χ0) is 67.5. The Morgan fingerprint density at radius 2 is 0.426 bits per heavy atom. The van der Waals surface area contributed by atoms with Crippen LogP contribution in [0.1, 0.15) is 245 Å². The Kier molecular flexibility index (Phi) is 74.1. The van der Waals surface area contributed by atoms with E-state index in [1.807, 2.05) is 0 Å². The monoisotopic (exact) mass is 1280 g/mol. The van der Waals surface area contributed by atoms with Gasteiger partial charge in [0.25, 0.3) is 0 Å². The van der Waals surface area contributed by atoms with Crippen LogP contribution in [0.25, 0.3) is 0 Å². The number of ether oxygens (including phenoxy) is 2. The van der Waals surface area contributed by atoms with Gasteiger partial charge in [0.1, 0.15) is 6.61 Å². The molecule has 0 aliphatic rings. The van der Waals surface area contributed by atoms with E-state index < -0.39 is 6.10 Å². The first kappa shape index (κ1) is 86.9. The van der Waals surface area contributed by atoms with Gasteiger partial charge >= 0.3 is 11.9 Å². The molecule has 0 heterocycles. The first-order chi connectivity index (χ1) is 46.6. The maximum atomic E-state index is 12.4. The number of carbonyl (C=O) groups is 2. The van der Waals surface area contributed by atoms with Crippen molar-refractivity contribution in [1.29, 1.82) is 0 Å². The van der Waals surface area contributed by atoms with Crippen LogP contribution in [-0.4, -0.2) is 36.4 Å². The minimum Gasteiger partial charge on any atom is -0.462 e. The molecule has 5 nitrogen and oxygen atoms in total. The zero-order valence-electron chi connectivity index (χ0n) is 59.1. The summed E-state index contributed by atoms with van der Waals surface area (Å²) in [5, 5.41) is 9.70. The summed E-state index contributed by atoms with van der Waals surface area (Å²) in [6.07, 6.45) is 136. The van der Waals surface area contributed by atoms with Crippen molar-refractivity contribution in [3.8, 4) is 0 Å². The second kappa shape index (κ2) is 80.2. The number of esters is 2. The molecular formula is C89H130O5. The van der Waals surface area contributed by atoms with E-state index in [1.54, 1.807) is 0 Å². The van der Waals surface area contributed by atoms with E-state index in [0.29, 0.717) is 12.8 Å². The molecule has 516 valence electrons. The highest BCUT2D eigenvalue weighted by Crippen LogP contribution is 2.12. The maximum Gasteiger partial charge on any atom is 0.306 e. The van der Waals surface area contributed by atoms with E-state index in [4.69, 9.17) is 9.47 Å². The molecule has 1 atom stereocenters. The molecule has 0 bridgehead atoms. The Bertz CT molecular complexity index is 2450. The number of rotatable bonds is 63. The van der Waals surface area contributed by atoms with E-state index in [1.165, 1.54) is 25.7 Å². The number of hydrogen-bond acceptors (Lipinski definition) is 5. The SMILES string of the molecule is CC/C=C\C/C=C\C/C=C\C/C=C\C/C=C\C/C=C\C/C=C\C/C=C\C/C=C\C/C=C\C/C=C\C/C=C\CCCCC(=O)OC(CO)COC(=O)CCCCCCCCC/C=C\C/C=C\C/C=C\C/C=C\C/C=C\C/C=C\C/C=C\C/C=C\C/C=C\C/C=C\C/C=C\CC. The lowest BCUT2D eigenvalue weighted by atomic mass is 10.1. The van der Waals surface area contributed by atoms with Gasteiger partial charge in [0, 0.05) is 12.8 Å². The fraction of sp³-hybridized carbons (Fsp3) is 0.461. The van der Waals surface area contributed by atoms with Crippen molar-refractivity contribution in [2.24, 2.45) is 0 Å². The number of aliphatic hydroxyl groups excluding tert-OH is 1. The Hall–Kier alpha value is -7.08. The summed E-state index contributed by atoms with van der Waals surface area (Å²) in [7, 11) is 0. The molecule has 0 saturated carbocycles. The van der Waals surface area contributed by atoms with Crippen LogP contribution in [0.15, 0.2) is 279 Å². The quantitative estimate of drug-likeness (QED) is 0.0373. The smallest absolute Gasteiger partial charge is 0.306 e. The van der Waals surface area contributed by atoms with Crippen LogP contribution in [0.5, 0.6) is 0 Å². The van der Waals surface area contributed by atoms with Crippen LogP contribution < -0.4 is 0 Å². The van der Waals surface area contributed by atoms with Crippen molar-refractivity contribution in [2.75, 3.05) is 13.2 Å². The molecule has 0 aromatic heterocycles. The van der Waals surface area contributed by atoms with Crippen molar-refractivity contribution in [2.45, 2.75) is 251 Å². The average Bonchev–Trinajstić information content (AvgIpc) is 3.65. The number of allylic oxidation sites excluding steroid dienone is 46. The Morgan fingerprint density at radius 3 is 0.660 bits per heavy atom. The lowest BCUT2D eigenvalue weighted by molar-refractivity contribution is -0.161. The van der Waals surface area contributed by atoms with Gasteiger partial charge in [-0.3, -0.25) is 9.59 Å². The topological polar surface area (TPSA) is 72.8 Å². The standard InChI is InChI=1S/C89H130O5/c1-3-5-7-9-11-13-15-17-19-21-23-25-27-29-31-33-35-37-39-41-43-44-46-47-49-51-53-55-57-59-61-63-65-67-69-71-73-75-77-79-81-83-88(91)93-86-87(85-90)94-89(92)84-82-80-78-76-74-72-70-68-66-64-62-60-58-56-54-52-50-48-45-42-40-38-36-34-32-30-28-26-24-22-20-18-16-14-12-10-8-6-4-2/h5-8,11-14,17-20,23-26,29-32,35-38,41-43,45-47,50-53,56-59,62-65,68,70,74,76,87,90H,3-4,9-10,15-16,21-22,27-28,33-34,39-40,44,48-49,54-55,60-61,66-67,69,71-73,75,77-86H2,1-2H3/b7-5-,8-6-,13-11-,14-12-,19-17-,20-18-,25-23-,26-24-,31-29-,32-30-,37-35-,38-36-,43-41-,45-42-,47-46-,52-50-,53-51-,58-56-,59-57-,64-62-,65-63-,70-68-,76-74-.